The van der Waals surface area contributed by atoms with Gasteiger partial charge in [-0.2, -0.15) is 0 Å². The van der Waals surface area contributed by atoms with Crippen molar-refractivity contribution in [3.63, 3.8) is 0 Å². The van der Waals surface area contributed by atoms with Gasteiger partial charge in [0.25, 0.3) is 0 Å². The van der Waals surface area contributed by atoms with Gasteiger partial charge in [0, 0.05) is 36.1 Å². The highest BCUT2D eigenvalue weighted by atomic mass is 35.5. The third-order valence-electron chi connectivity index (χ3n) is 9.13. The van der Waals surface area contributed by atoms with Crippen molar-refractivity contribution in [2.24, 2.45) is 11.3 Å². The van der Waals surface area contributed by atoms with Gasteiger partial charge < -0.3 is 20.9 Å². The molecule has 0 unspecified atom stereocenters. The molecule has 1 aromatic carbocycles. The molecular formula is C32H50Cl2N4O3. The summed E-state index contributed by atoms with van der Waals surface area (Å²) in [6, 6.07) is 7.09. The van der Waals surface area contributed by atoms with Crippen LogP contribution < -0.4 is 16.0 Å². The van der Waals surface area contributed by atoms with Gasteiger partial charge in [-0.3, -0.25) is 14.4 Å². The van der Waals surface area contributed by atoms with Crippen molar-refractivity contribution in [3.05, 3.63) is 34.9 Å². The summed E-state index contributed by atoms with van der Waals surface area (Å²) in [4.78, 5) is 42.4. The lowest BCUT2D eigenvalue weighted by Gasteiger charge is -2.47. The van der Waals surface area contributed by atoms with Crippen molar-refractivity contribution in [3.8, 4) is 0 Å². The van der Waals surface area contributed by atoms with Gasteiger partial charge in [0.2, 0.25) is 17.7 Å². The van der Waals surface area contributed by atoms with E-state index in [4.69, 9.17) is 11.6 Å². The molecule has 2 heterocycles. The predicted molar refractivity (Wildman–Crippen MR) is 167 cm³/mol. The standard InChI is InChI=1S/C32H49ClN4O3.ClH/c1-31(2,3)36-30(40)32(24-9-5-4-6-10-24)16-19-37(20-17-32)28(38)22-26(21-23-12-14-25(33)15-13-23)35-29(39)27-11-7-8-18-34-27;/h12-15,24,26-27,34H,4-11,16-22H2,1-3H3,(H,35,39)(H,36,40);1H/t26-,27+;/m1./s1. The molecule has 230 valence electrons. The second-order valence-electron chi connectivity index (χ2n) is 13.3. The number of nitrogens with zero attached hydrogens (tertiary/aromatic N) is 1. The molecule has 0 radical (unpaired) electrons. The highest BCUT2D eigenvalue weighted by molar-refractivity contribution is 6.30. The summed E-state index contributed by atoms with van der Waals surface area (Å²) >= 11 is 6.09. The van der Waals surface area contributed by atoms with Crippen LogP contribution in [0.2, 0.25) is 5.02 Å². The molecule has 3 amide bonds. The predicted octanol–water partition coefficient (Wildman–Crippen LogP) is 5.43. The number of piperidine rings is 2. The number of carbonyl (C=O) groups is 3. The maximum Gasteiger partial charge on any atom is 0.237 e. The first-order valence-corrected chi connectivity index (χ1v) is 15.8. The Kier molecular flexibility index (Phi) is 12.4. The van der Waals surface area contributed by atoms with Crippen LogP contribution in [-0.4, -0.2) is 59.9 Å². The molecule has 7 nitrogen and oxygen atoms in total. The number of hydrogen-bond acceptors (Lipinski definition) is 4. The average molecular weight is 610 g/mol. The highest BCUT2D eigenvalue weighted by Gasteiger charge is 2.48. The summed E-state index contributed by atoms with van der Waals surface area (Å²) in [6.07, 6.45) is 10.9. The van der Waals surface area contributed by atoms with E-state index >= 15 is 0 Å². The first-order valence-electron chi connectivity index (χ1n) is 15.4. The minimum Gasteiger partial charge on any atom is -0.351 e. The largest absolute Gasteiger partial charge is 0.351 e. The molecule has 1 aliphatic carbocycles. The molecule has 1 aromatic rings. The summed E-state index contributed by atoms with van der Waals surface area (Å²) < 4.78 is 0. The van der Waals surface area contributed by atoms with E-state index in [1.54, 1.807) is 0 Å². The first kappa shape index (κ1) is 33.7. The summed E-state index contributed by atoms with van der Waals surface area (Å²) in [5.41, 5.74) is 0.341. The summed E-state index contributed by atoms with van der Waals surface area (Å²) in [5, 5.41) is 10.4. The Hall–Kier alpha value is -1.83. The van der Waals surface area contributed by atoms with Crippen LogP contribution in [0.25, 0.3) is 0 Å². The third-order valence-corrected chi connectivity index (χ3v) is 9.38. The smallest absolute Gasteiger partial charge is 0.237 e. The van der Waals surface area contributed by atoms with Crippen molar-refractivity contribution in [1.82, 2.24) is 20.9 Å². The molecule has 2 saturated heterocycles. The first-order chi connectivity index (χ1) is 19.1. The van der Waals surface area contributed by atoms with Crippen molar-refractivity contribution in [1.29, 1.82) is 0 Å². The lowest BCUT2D eigenvalue weighted by Crippen LogP contribution is -2.57. The van der Waals surface area contributed by atoms with Crippen molar-refractivity contribution >= 4 is 41.7 Å². The number of benzene rings is 1. The highest BCUT2D eigenvalue weighted by Crippen LogP contribution is 2.46. The van der Waals surface area contributed by atoms with Gasteiger partial charge in [-0.1, -0.05) is 49.4 Å². The van der Waals surface area contributed by atoms with Crippen LogP contribution in [0.5, 0.6) is 0 Å². The van der Waals surface area contributed by atoms with E-state index in [0.717, 1.165) is 44.2 Å². The Balaban J connectivity index is 0.00000462. The minimum absolute atomic E-state index is 0. The van der Waals surface area contributed by atoms with Crippen LogP contribution in [0.15, 0.2) is 24.3 Å². The lowest BCUT2D eigenvalue weighted by molar-refractivity contribution is -0.146. The van der Waals surface area contributed by atoms with Gasteiger partial charge in [-0.25, -0.2) is 0 Å². The van der Waals surface area contributed by atoms with Crippen molar-refractivity contribution in [2.75, 3.05) is 19.6 Å². The molecule has 0 bridgehead atoms. The zero-order valence-electron chi connectivity index (χ0n) is 25.1. The van der Waals surface area contributed by atoms with Crippen LogP contribution in [0, 0.1) is 11.3 Å². The second-order valence-corrected chi connectivity index (χ2v) is 13.8. The Morgan fingerprint density at radius 1 is 1.00 bits per heavy atom. The Bertz CT molecular complexity index is 1010. The second kappa shape index (κ2) is 15.1. The van der Waals surface area contributed by atoms with Gasteiger partial charge >= 0.3 is 0 Å². The van der Waals surface area contributed by atoms with Crippen molar-refractivity contribution in [2.45, 2.75) is 115 Å². The number of rotatable bonds is 8. The van der Waals surface area contributed by atoms with E-state index in [2.05, 4.69) is 16.0 Å². The van der Waals surface area contributed by atoms with E-state index < -0.39 is 5.41 Å². The molecule has 4 rings (SSSR count). The van der Waals surface area contributed by atoms with Gasteiger partial charge in [-0.15, -0.1) is 12.4 Å². The molecule has 0 spiro atoms. The monoisotopic (exact) mass is 608 g/mol. The maximum atomic E-state index is 13.7. The summed E-state index contributed by atoms with van der Waals surface area (Å²) in [5.74, 6) is 0.553. The average Bonchev–Trinajstić information content (AvgIpc) is 2.94. The molecular weight excluding hydrogens is 559 g/mol. The fraction of sp³-hybridized carbons (Fsp3) is 0.719. The van der Waals surface area contributed by atoms with Crippen LogP contribution in [0.4, 0.5) is 0 Å². The number of hydrogen-bond donors (Lipinski definition) is 3. The fourth-order valence-corrected chi connectivity index (χ4v) is 7.02. The van der Waals surface area contributed by atoms with Crippen LogP contribution in [0.3, 0.4) is 0 Å². The number of likely N-dealkylation sites (tertiary alicyclic amines) is 1. The molecule has 1 saturated carbocycles. The normalized spacial score (nSPS) is 22.2. The van der Waals surface area contributed by atoms with Gasteiger partial charge in [0.15, 0.2) is 0 Å². The van der Waals surface area contributed by atoms with E-state index in [-0.39, 0.29) is 54.2 Å². The zero-order chi connectivity index (χ0) is 28.8. The molecule has 3 fully saturated rings. The molecule has 0 aromatic heterocycles. The number of nitrogens with one attached hydrogen (secondary N) is 3. The Morgan fingerprint density at radius 2 is 1.63 bits per heavy atom. The lowest BCUT2D eigenvalue weighted by atomic mass is 9.63. The van der Waals surface area contributed by atoms with Crippen molar-refractivity contribution < 1.29 is 14.4 Å². The third kappa shape index (κ3) is 9.33. The van der Waals surface area contributed by atoms with E-state index in [1.807, 2.05) is 49.9 Å². The number of amides is 3. The fourth-order valence-electron chi connectivity index (χ4n) is 6.89. The quantitative estimate of drug-likeness (QED) is 0.367. The Labute approximate surface area is 257 Å². The summed E-state index contributed by atoms with van der Waals surface area (Å²) in [7, 11) is 0. The van der Waals surface area contributed by atoms with Gasteiger partial charge in [0.1, 0.15) is 0 Å². The SMILES string of the molecule is CC(C)(C)NC(=O)C1(C2CCCCC2)CCN(C(=O)C[C@@H](Cc2ccc(Cl)cc2)NC(=O)[C@@H]2CCCCN2)CC1.Cl. The molecule has 9 heteroatoms. The molecule has 2 atom stereocenters. The van der Waals surface area contributed by atoms with Crippen LogP contribution >= 0.6 is 24.0 Å². The van der Waals surface area contributed by atoms with E-state index in [0.29, 0.717) is 43.3 Å². The van der Waals surface area contributed by atoms with Gasteiger partial charge in [0.05, 0.1) is 11.5 Å². The van der Waals surface area contributed by atoms with E-state index in [1.165, 1.54) is 19.3 Å². The molecule has 3 N–H and O–H groups in total. The molecule has 3 aliphatic rings. The van der Waals surface area contributed by atoms with Crippen LogP contribution in [0.1, 0.15) is 97.0 Å². The minimum atomic E-state index is -0.409. The topological polar surface area (TPSA) is 90.5 Å². The summed E-state index contributed by atoms with van der Waals surface area (Å²) in [6.45, 7) is 8.12. The zero-order valence-corrected chi connectivity index (χ0v) is 26.7. The van der Waals surface area contributed by atoms with Crippen LogP contribution in [-0.2, 0) is 20.8 Å². The number of halogens is 2. The molecule has 2 aliphatic heterocycles. The number of carbonyl (C=O) groups excluding carboxylic acids is 3. The maximum absolute atomic E-state index is 13.7. The van der Waals surface area contributed by atoms with Gasteiger partial charge in [-0.05, 0) is 95.9 Å². The molecule has 41 heavy (non-hydrogen) atoms. The Morgan fingerprint density at radius 3 is 2.22 bits per heavy atom. The van der Waals surface area contributed by atoms with E-state index in [9.17, 15) is 14.4 Å².